The molecule has 1 aromatic rings. The third-order valence-electron chi connectivity index (χ3n) is 6.00. The molecule has 146 valence electrons. The first-order valence-corrected chi connectivity index (χ1v) is 10.2. The minimum absolute atomic E-state index is 0.0759. The highest BCUT2D eigenvalue weighted by Gasteiger charge is 2.32. The van der Waals surface area contributed by atoms with E-state index < -0.39 is 5.82 Å². The van der Waals surface area contributed by atoms with Crippen LogP contribution in [0.3, 0.4) is 0 Å². The number of halogens is 1. The first kappa shape index (κ1) is 20.0. The Kier molecular flexibility index (Phi) is 7.43. The number of benzene rings is 1. The quantitative estimate of drug-likeness (QED) is 0.455. The highest BCUT2D eigenvalue weighted by molar-refractivity contribution is 5.34. The van der Waals surface area contributed by atoms with E-state index in [0.29, 0.717) is 17.8 Å². The van der Waals surface area contributed by atoms with E-state index in [1.165, 1.54) is 18.9 Å². The molecule has 0 radical (unpaired) electrons. The van der Waals surface area contributed by atoms with E-state index in [2.05, 4.69) is 6.58 Å². The van der Waals surface area contributed by atoms with Gasteiger partial charge in [0.1, 0.15) is 11.9 Å². The number of nitriles is 1. The predicted octanol–water partition coefficient (Wildman–Crippen LogP) is 5.71. The maximum atomic E-state index is 13.9. The molecule has 1 aromatic carbocycles. The topological polar surface area (TPSA) is 42.2 Å². The highest BCUT2D eigenvalue weighted by Crippen LogP contribution is 2.39. The summed E-state index contributed by atoms with van der Waals surface area (Å²) in [6.45, 7) is 5.37. The van der Waals surface area contributed by atoms with Crippen LogP contribution in [-0.2, 0) is 9.47 Å². The minimum atomic E-state index is -0.407. The smallest absolute Gasteiger partial charge is 0.160 e. The largest absolute Gasteiger partial charge is 0.352 e. The number of unbranched alkanes of at least 4 members (excludes halogenated alkanes) is 2. The lowest BCUT2D eigenvalue weighted by atomic mass is 9.78. The summed E-state index contributed by atoms with van der Waals surface area (Å²) in [6, 6.07) is 6.92. The van der Waals surface area contributed by atoms with Gasteiger partial charge < -0.3 is 9.47 Å². The molecule has 1 heterocycles. The second-order valence-electron chi connectivity index (χ2n) is 7.94. The van der Waals surface area contributed by atoms with Gasteiger partial charge in [0.05, 0.1) is 18.8 Å². The lowest BCUT2D eigenvalue weighted by molar-refractivity contribution is -0.229. The fourth-order valence-electron chi connectivity index (χ4n) is 4.32. The Morgan fingerprint density at radius 2 is 1.89 bits per heavy atom. The summed E-state index contributed by atoms with van der Waals surface area (Å²) in [4.78, 5) is 0. The van der Waals surface area contributed by atoms with Crippen molar-refractivity contribution in [2.75, 3.05) is 13.2 Å². The summed E-state index contributed by atoms with van der Waals surface area (Å²) in [6.07, 6.45) is 10.7. The molecule has 3 nitrogen and oxygen atoms in total. The van der Waals surface area contributed by atoms with Crippen molar-refractivity contribution in [2.24, 2.45) is 11.8 Å². The Labute approximate surface area is 162 Å². The van der Waals surface area contributed by atoms with Crippen LogP contribution in [0.4, 0.5) is 4.39 Å². The van der Waals surface area contributed by atoms with Crippen molar-refractivity contribution in [3.63, 3.8) is 0 Å². The molecule has 1 aliphatic carbocycles. The molecule has 2 aliphatic rings. The van der Waals surface area contributed by atoms with Crippen LogP contribution in [-0.4, -0.2) is 19.5 Å². The van der Waals surface area contributed by atoms with Crippen molar-refractivity contribution < 1.29 is 13.9 Å². The van der Waals surface area contributed by atoms with Crippen molar-refractivity contribution in [3.8, 4) is 6.07 Å². The molecule has 1 saturated carbocycles. The van der Waals surface area contributed by atoms with Gasteiger partial charge in [-0.15, -0.1) is 6.58 Å². The Bertz CT molecular complexity index is 653. The fraction of sp³-hybridized carbons (Fsp3) is 0.609. The summed E-state index contributed by atoms with van der Waals surface area (Å²) >= 11 is 0. The molecule has 2 fully saturated rings. The van der Waals surface area contributed by atoms with Crippen LogP contribution in [0, 0.1) is 29.0 Å². The zero-order valence-corrected chi connectivity index (χ0v) is 16.0. The van der Waals surface area contributed by atoms with Crippen LogP contribution in [0.5, 0.6) is 0 Å². The maximum Gasteiger partial charge on any atom is 0.160 e. The van der Waals surface area contributed by atoms with Gasteiger partial charge in [0, 0.05) is 11.8 Å². The van der Waals surface area contributed by atoms with E-state index >= 15 is 0 Å². The average molecular weight is 371 g/mol. The van der Waals surface area contributed by atoms with Crippen LogP contribution in [0.25, 0.3) is 0 Å². The fourth-order valence-corrected chi connectivity index (χ4v) is 4.32. The molecule has 0 bridgehead atoms. The third-order valence-corrected chi connectivity index (χ3v) is 6.00. The van der Waals surface area contributed by atoms with Gasteiger partial charge in [-0.3, -0.25) is 0 Å². The van der Waals surface area contributed by atoms with Gasteiger partial charge in [-0.1, -0.05) is 18.6 Å². The third kappa shape index (κ3) is 5.40. The monoisotopic (exact) mass is 371 g/mol. The van der Waals surface area contributed by atoms with E-state index in [1.54, 1.807) is 6.07 Å². The van der Waals surface area contributed by atoms with Gasteiger partial charge >= 0.3 is 0 Å². The Morgan fingerprint density at radius 3 is 2.52 bits per heavy atom. The molecule has 0 amide bonds. The Balaban J connectivity index is 1.42. The van der Waals surface area contributed by atoms with Gasteiger partial charge in [0.15, 0.2) is 6.29 Å². The van der Waals surface area contributed by atoms with Gasteiger partial charge in [0.2, 0.25) is 0 Å². The number of nitrogens with zero attached hydrogens (tertiary/aromatic N) is 1. The number of hydrogen-bond acceptors (Lipinski definition) is 3. The van der Waals surface area contributed by atoms with Crippen LogP contribution in [0.1, 0.15) is 68.4 Å². The van der Waals surface area contributed by atoms with Crippen molar-refractivity contribution in [3.05, 3.63) is 47.8 Å². The molecule has 0 aromatic heterocycles. The van der Waals surface area contributed by atoms with Crippen LogP contribution in [0.2, 0.25) is 0 Å². The summed E-state index contributed by atoms with van der Waals surface area (Å²) in [5.41, 5.74) is 1.13. The summed E-state index contributed by atoms with van der Waals surface area (Å²) < 4.78 is 26.0. The normalized spacial score (nSPS) is 28.4. The zero-order chi connectivity index (χ0) is 19.1. The van der Waals surface area contributed by atoms with Crippen molar-refractivity contribution in [1.29, 1.82) is 5.26 Å². The highest BCUT2D eigenvalue weighted by atomic mass is 19.1. The molecular weight excluding hydrogens is 341 g/mol. The van der Waals surface area contributed by atoms with E-state index in [4.69, 9.17) is 14.7 Å². The lowest BCUT2D eigenvalue weighted by Crippen LogP contribution is -2.38. The molecule has 1 aliphatic heterocycles. The van der Waals surface area contributed by atoms with Crippen LogP contribution < -0.4 is 0 Å². The first-order valence-electron chi connectivity index (χ1n) is 10.2. The summed E-state index contributed by atoms with van der Waals surface area (Å²) in [5.74, 6) is 0.912. The number of rotatable bonds is 7. The number of hydrogen-bond donors (Lipinski definition) is 0. The Morgan fingerprint density at radius 1 is 1.15 bits per heavy atom. The van der Waals surface area contributed by atoms with E-state index in [9.17, 15) is 4.39 Å². The van der Waals surface area contributed by atoms with Crippen molar-refractivity contribution >= 4 is 0 Å². The van der Waals surface area contributed by atoms with Gasteiger partial charge in [-0.05, 0) is 68.6 Å². The lowest BCUT2D eigenvalue weighted by Gasteiger charge is -2.37. The van der Waals surface area contributed by atoms with Crippen LogP contribution in [0.15, 0.2) is 30.9 Å². The van der Waals surface area contributed by atoms with Crippen molar-refractivity contribution in [1.82, 2.24) is 0 Å². The molecule has 0 N–H and O–H groups in total. The van der Waals surface area contributed by atoms with Gasteiger partial charge in [-0.25, -0.2) is 4.39 Å². The standard InChI is InChI=1S/C23H30FNO2/c1-2-3-4-5-6-17-15-26-23(27-16-17)19-9-7-18(8-10-19)20-11-12-21(14-25)22(24)13-20/h2,11-13,17-19,23H,1,3-10,15-16H2. The zero-order valence-electron chi connectivity index (χ0n) is 16.0. The maximum absolute atomic E-state index is 13.9. The van der Waals surface area contributed by atoms with E-state index in [-0.39, 0.29) is 11.9 Å². The Hall–Kier alpha value is -1.70. The van der Waals surface area contributed by atoms with Crippen LogP contribution >= 0.6 is 0 Å². The minimum Gasteiger partial charge on any atom is -0.352 e. The first-order chi connectivity index (χ1) is 13.2. The second-order valence-corrected chi connectivity index (χ2v) is 7.94. The molecule has 1 saturated heterocycles. The number of allylic oxidation sites excluding steroid dienone is 1. The average Bonchev–Trinajstić information content (AvgIpc) is 2.72. The molecular formula is C23H30FNO2. The number of ether oxygens (including phenoxy) is 2. The molecule has 4 heteroatoms. The summed E-state index contributed by atoms with van der Waals surface area (Å²) in [5, 5.41) is 8.87. The molecule has 0 unspecified atom stereocenters. The second kappa shape index (κ2) is 10.0. The molecule has 27 heavy (non-hydrogen) atoms. The van der Waals surface area contributed by atoms with E-state index in [0.717, 1.165) is 57.3 Å². The van der Waals surface area contributed by atoms with Gasteiger partial charge in [0.25, 0.3) is 0 Å². The molecule has 0 spiro atoms. The molecule has 0 atom stereocenters. The van der Waals surface area contributed by atoms with Crippen molar-refractivity contribution in [2.45, 2.75) is 63.6 Å². The SMILES string of the molecule is C=CCCCCC1COC(C2CCC(c3ccc(C#N)c(F)c3)CC2)OC1. The van der Waals surface area contributed by atoms with Gasteiger partial charge in [-0.2, -0.15) is 5.26 Å². The summed E-state index contributed by atoms with van der Waals surface area (Å²) in [7, 11) is 0. The predicted molar refractivity (Wildman–Crippen MR) is 104 cm³/mol. The molecule has 3 rings (SSSR count). The van der Waals surface area contributed by atoms with E-state index in [1.807, 2.05) is 18.2 Å².